The van der Waals surface area contributed by atoms with Crippen LogP contribution in [0.1, 0.15) is 50.0 Å². The number of hydrogen-bond donors (Lipinski definition) is 1. The number of benzene rings is 1. The maximum Gasteiger partial charge on any atom is 0.243 e. The molecule has 25 heavy (non-hydrogen) atoms. The van der Waals surface area contributed by atoms with E-state index in [1.165, 1.54) is 11.1 Å². The van der Waals surface area contributed by atoms with E-state index < -0.39 is 0 Å². The Labute approximate surface area is 148 Å². The van der Waals surface area contributed by atoms with Crippen LogP contribution >= 0.6 is 0 Å². The van der Waals surface area contributed by atoms with Crippen LogP contribution in [0.2, 0.25) is 0 Å². The van der Waals surface area contributed by atoms with Crippen LogP contribution in [-0.4, -0.2) is 12.1 Å². The molecule has 1 aromatic carbocycles. The number of rotatable bonds is 5. The molecule has 0 unspecified atom stereocenters. The first kappa shape index (κ1) is 17.2. The molecule has 1 aliphatic carbocycles. The maximum absolute atomic E-state index is 12.1. The lowest BCUT2D eigenvalue weighted by atomic mass is 9.86. The number of hydrogen-bond acceptors (Lipinski definition) is 3. The van der Waals surface area contributed by atoms with Crippen LogP contribution in [-0.2, 0) is 10.2 Å². The molecule has 0 radical (unpaired) electrons. The minimum atomic E-state index is -0.0208. The highest BCUT2D eigenvalue weighted by Crippen LogP contribution is 2.47. The first-order valence-electron chi connectivity index (χ1n) is 8.58. The lowest BCUT2D eigenvalue weighted by molar-refractivity contribution is -0.122. The van der Waals surface area contributed by atoms with Crippen molar-refractivity contribution in [1.29, 1.82) is 0 Å². The highest BCUT2D eigenvalue weighted by molar-refractivity contribution is 5.84. The predicted molar refractivity (Wildman–Crippen MR) is 100 cm³/mol. The Balaban J connectivity index is 1.48. The molecule has 0 aliphatic heterocycles. The van der Waals surface area contributed by atoms with E-state index in [0.717, 1.165) is 12.2 Å². The second-order valence-corrected chi connectivity index (χ2v) is 7.45. The van der Waals surface area contributed by atoms with E-state index in [1.54, 1.807) is 24.6 Å². The van der Waals surface area contributed by atoms with E-state index in [4.69, 9.17) is 4.42 Å². The highest BCUT2D eigenvalue weighted by Gasteiger charge is 2.43. The summed E-state index contributed by atoms with van der Waals surface area (Å²) in [5.41, 5.74) is 5.30. The average molecular weight is 336 g/mol. The molecule has 1 N–H and O–H groups in total. The van der Waals surface area contributed by atoms with E-state index in [-0.39, 0.29) is 17.2 Å². The van der Waals surface area contributed by atoms with Gasteiger partial charge in [-0.25, -0.2) is 5.43 Å². The number of hydrazone groups is 1. The minimum absolute atomic E-state index is 0.0201. The van der Waals surface area contributed by atoms with Crippen LogP contribution in [0.3, 0.4) is 0 Å². The zero-order valence-electron chi connectivity index (χ0n) is 14.9. The average Bonchev–Trinajstić information content (AvgIpc) is 3.22. The van der Waals surface area contributed by atoms with E-state index >= 15 is 0 Å². The van der Waals surface area contributed by atoms with Gasteiger partial charge < -0.3 is 4.42 Å². The fraction of sp³-hybridized carbons (Fsp3) is 0.333. The number of amides is 1. The van der Waals surface area contributed by atoms with Crippen LogP contribution in [0.25, 0.3) is 6.08 Å². The van der Waals surface area contributed by atoms with Gasteiger partial charge in [0.05, 0.1) is 6.26 Å². The number of furan rings is 1. The van der Waals surface area contributed by atoms with E-state index in [1.807, 2.05) is 12.1 Å². The monoisotopic (exact) mass is 336 g/mol. The molecule has 3 rings (SSSR count). The van der Waals surface area contributed by atoms with Crippen molar-refractivity contribution in [3.05, 3.63) is 65.6 Å². The van der Waals surface area contributed by atoms with E-state index in [9.17, 15) is 4.79 Å². The number of nitrogens with zero attached hydrogens (tertiary/aromatic N) is 1. The van der Waals surface area contributed by atoms with Crippen molar-refractivity contribution in [1.82, 2.24) is 5.43 Å². The van der Waals surface area contributed by atoms with Gasteiger partial charge in [0.15, 0.2) is 0 Å². The summed E-state index contributed by atoms with van der Waals surface area (Å²) in [6.45, 7) is 6.61. The SMILES string of the molecule is CC(C)(C)c1ccc([C@@H]2C[C@@H]2C(=O)NN=C/C=C\c2ccco2)cc1. The van der Waals surface area contributed by atoms with Crippen molar-refractivity contribution >= 4 is 18.2 Å². The summed E-state index contributed by atoms with van der Waals surface area (Å²) in [5.74, 6) is 1.06. The van der Waals surface area contributed by atoms with E-state index in [0.29, 0.717) is 5.92 Å². The van der Waals surface area contributed by atoms with Gasteiger partial charge in [-0.1, -0.05) is 45.0 Å². The Morgan fingerprint density at radius 3 is 2.64 bits per heavy atom. The van der Waals surface area contributed by atoms with Crippen LogP contribution in [0, 0.1) is 5.92 Å². The summed E-state index contributed by atoms with van der Waals surface area (Å²) in [6, 6.07) is 12.3. The molecular formula is C21H24N2O2. The Hall–Kier alpha value is -2.62. The topological polar surface area (TPSA) is 54.6 Å². The highest BCUT2D eigenvalue weighted by atomic mass is 16.3. The van der Waals surface area contributed by atoms with Gasteiger partial charge >= 0.3 is 0 Å². The molecule has 0 bridgehead atoms. The molecule has 1 amide bonds. The number of nitrogens with one attached hydrogen (secondary N) is 1. The summed E-state index contributed by atoms with van der Waals surface area (Å²) >= 11 is 0. The van der Waals surface area contributed by atoms with Gasteiger partial charge in [-0.3, -0.25) is 4.79 Å². The standard InChI is InChI=1S/C21H24N2O2/c1-21(2,3)16-10-8-15(9-11-16)18-14-19(18)20(24)23-22-12-4-6-17-7-5-13-25-17/h4-13,18-19H,14H2,1-3H3,(H,23,24)/b6-4-,22-12?/t18-,19-/m0/s1. The zero-order valence-corrected chi connectivity index (χ0v) is 14.9. The lowest BCUT2D eigenvalue weighted by Gasteiger charge is -2.19. The Morgan fingerprint density at radius 2 is 2.00 bits per heavy atom. The molecule has 0 spiro atoms. The fourth-order valence-corrected chi connectivity index (χ4v) is 2.83. The first-order valence-corrected chi connectivity index (χ1v) is 8.58. The second kappa shape index (κ2) is 7.09. The first-order chi connectivity index (χ1) is 11.9. The number of allylic oxidation sites excluding steroid dienone is 1. The second-order valence-electron chi connectivity index (χ2n) is 7.45. The van der Waals surface area contributed by atoms with Crippen LogP contribution < -0.4 is 5.43 Å². The lowest BCUT2D eigenvalue weighted by Crippen LogP contribution is -2.19. The third-order valence-corrected chi connectivity index (χ3v) is 4.47. The summed E-state index contributed by atoms with van der Waals surface area (Å²) in [5, 5.41) is 3.95. The van der Waals surface area contributed by atoms with Crippen LogP contribution in [0.4, 0.5) is 0 Å². The largest absolute Gasteiger partial charge is 0.465 e. The third kappa shape index (κ3) is 4.47. The van der Waals surface area contributed by atoms with Crippen molar-refractivity contribution in [2.24, 2.45) is 11.0 Å². The predicted octanol–water partition coefficient (Wildman–Crippen LogP) is 4.50. The molecule has 1 aliphatic rings. The summed E-state index contributed by atoms with van der Waals surface area (Å²) < 4.78 is 5.17. The van der Waals surface area contributed by atoms with Gasteiger partial charge in [-0.15, -0.1) is 0 Å². The molecule has 1 fully saturated rings. The van der Waals surface area contributed by atoms with Gasteiger partial charge in [0, 0.05) is 12.1 Å². The number of carbonyl (C=O) groups is 1. The minimum Gasteiger partial charge on any atom is -0.465 e. The van der Waals surface area contributed by atoms with Crippen molar-refractivity contribution in [3.63, 3.8) is 0 Å². The van der Waals surface area contributed by atoms with Crippen molar-refractivity contribution in [2.75, 3.05) is 0 Å². The Bertz CT molecular complexity index is 765. The normalized spacial score (nSPS) is 20.3. The van der Waals surface area contributed by atoms with Gasteiger partial charge in [0.25, 0.3) is 0 Å². The van der Waals surface area contributed by atoms with Gasteiger partial charge in [0.2, 0.25) is 5.91 Å². The summed E-state index contributed by atoms with van der Waals surface area (Å²) in [7, 11) is 0. The maximum atomic E-state index is 12.1. The van der Waals surface area contributed by atoms with Gasteiger partial charge in [-0.2, -0.15) is 5.10 Å². The molecule has 2 atom stereocenters. The quantitative estimate of drug-likeness (QED) is 0.646. The molecule has 4 nitrogen and oxygen atoms in total. The van der Waals surface area contributed by atoms with E-state index in [2.05, 4.69) is 55.6 Å². The smallest absolute Gasteiger partial charge is 0.243 e. The third-order valence-electron chi connectivity index (χ3n) is 4.47. The van der Waals surface area contributed by atoms with Gasteiger partial charge in [-0.05, 0) is 53.2 Å². The van der Waals surface area contributed by atoms with Gasteiger partial charge in [0.1, 0.15) is 5.76 Å². The number of carbonyl (C=O) groups excluding carboxylic acids is 1. The molecule has 1 heterocycles. The van der Waals surface area contributed by atoms with Crippen molar-refractivity contribution < 1.29 is 9.21 Å². The zero-order chi connectivity index (χ0) is 17.9. The molecule has 1 saturated carbocycles. The van der Waals surface area contributed by atoms with Crippen molar-refractivity contribution in [3.8, 4) is 0 Å². The van der Waals surface area contributed by atoms with Crippen LogP contribution in [0.5, 0.6) is 0 Å². The van der Waals surface area contributed by atoms with Crippen LogP contribution in [0.15, 0.2) is 58.3 Å². The molecule has 130 valence electrons. The van der Waals surface area contributed by atoms with Crippen molar-refractivity contribution in [2.45, 2.75) is 38.5 Å². The molecule has 1 aromatic heterocycles. The molecular weight excluding hydrogens is 312 g/mol. The Morgan fingerprint density at radius 1 is 1.24 bits per heavy atom. The summed E-state index contributed by atoms with van der Waals surface area (Å²) in [4.78, 5) is 12.1. The molecule has 0 saturated heterocycles. The molecule has 2 aromatic rings. The fourth-order valence-electron chi connectivity index (χ4n) is 2.83. The Kier molecular flexibility index (Phi) is 4.88. The molecule has 4 heteroatoms. The summed E-state index contributed by atoms with van der Waals surface area (Å²) in [6.07, 6.45) is 7.56.